The molecule has 7 nitrogen and oxygen atoms in total. The van der Waals surface area contributed by atoms with Gasteiger partial charge in [0.25, 0.3) is 0 Å². The summed E-state index contributed by atoms with van der Waals surface area (Å²) in [5.41, 5.74) is 4.78. The van der Waals surface area contributed by atoms with Crippen LogP contribution in [0.15, 0.2) is 169 Å². The molecule has 1 saturated carbocycles. The van der Waals surface area contributed by atoms with Gasteiger partial charge in [0.15, 0.2) is 24.8 Å². The highest BCUT2D eigenvalue weighted by molar-refractivity contribution is 7.99. The van der Waals surface area contributed by atoms with E-state index in [1.807, 2.05) is 147 Å². The van der Waals surface area contributed by atoms with Gasteiger partial charge in [-0.2, -0.15) is 0 Å². The Bertz CT molecular complexity index is 2230. The molecule has 9 rings (SSSR count). The molecule has 0 atom stereocenters. The number of hydrogen-bond acceptors (Lipinski definition) is 8. The van der Waals surface area contributed by atoms with E-state index in [-0.39, 0.29) is 0 Å². The van der Waals surface area contributed by atoms with Crippen molar-refractivity contribution >= 4 is 75.1 Å². The van der Waals surface area contributed by atoms with Crippen molar-refractivity contribution in [2.45, 2.75) is 88.9 Å². The van der Waals surface area contributed by atoms with Gasteiger partial charge >= 0.3 is 0 Å². The Morgan fingerprint density at radius 2 is 1.01 bits per heavy atom. The van der Waals surface area contributed by atoms with Crippen LogP contribution >= 0.6 is 58.1 Å². The highest BCUT2D eigenvalue weighted by atomic mass is 35.5. The van der Waals surface area contributed by atoms with Crippen LogP contribution in [0.3, 0.4) is 0 Å². The molecule has 12 heteroatoms. The van der Waals surface area contributed by atoms with E-state index in [0.717, 1.165) is 32.2 Å². The Morgan fingerprint density at radius 1 is 0.563 bits per heavy atom. The number of hydrogen-bond donors (Lipinski definition) is 0. The fraction of sp³-hybridized carbons (Fsp3) is 0.390. The summed E-state index contributed by atoms with van der Waals surface area (Å²) in [6.45, 7) is 11.3. The topological polar surface area (TPSA) is 43.3 Å². The Kier molecular flexibility index (Phi) is 33.8. The van der Waals surface area contributed by atoms with E-state index < -0.39 is 0 Å². The largest absolute Gasteiger partial charge is 0.377 e. The third kappa shape index (κ3) is 29.6. The van der Waals surface area contributed by atoms with Gasteiger partial charge in [-0.25, -0.2) is 9.13 Å². The fourth-order valence-corrected chi connectivity index (χ4v) is 9.40. The molecule has 0 radical (unpaired) electrons. The number of rotatable bonds is 5. The first-order valence-electron chi connectivity index (χ1n) is 24.5. The third-order valence-corrected chi connectivity index (χ3v) is 14.5. The average Bonchev–Trinajstić information content (AvgIpc) is 3.79. The third-order valence-electron chi connectivity index (χ3n) is 11.2. The zero-order chi connectivity index (χ0) is 52.2. The molecule has 2 aromatic carbocycles. The molecule has 2 aliphatic rings. The van der Waals surface area contributed by atoms with Crippen LogP contribution in [0.2, 0.25) is 10.0 Å². The van der Waals surface area contributed by atoms with Crippen molar-refractivity contribution in [2.75, 3.05) is 63.6 Å². The summed E-state index contributed by atoms with van der Waals surface area (Å²) < 4.78 is 4.04. The Labute approximate surface area is 452 Å². The zero-order valence-electron chi connectivity index (χ0n) is 44.8. The second-order valence-corrected chi connectivity index (χ2v) is 21.7. The minimum Gasteiger partial charge on any atom is -0.377 e. The number of anilines is 3. The molecular weight excluding hydrogens is 974 g/mol. The van der Waals surface area contributed by atoms with Crippen LogP contribution in [0.5, 0.6) is 0 Å². The molecule has 1 saturated heterocycles. The van der Waals surface area contributed by atoms with Crippen LogP contribution < -0.4 is 18.9 Å². The van der Waals surface area contributed by atoms with Crippen molar-refractivity contribution in [1.29, 1.82) is 0 Å². The Hall–Kier alpha value is -4.42. The van der Waals surface area contributed by atoms with Gasteiger partial charge in [-0.3, -0.25) is 9.97 Å². The summed E-state index contributed by atoms with van der Waals surface area (Å²) in [5.74, 6) is 1.04. The number of thioether (sulfide) groups is 2. The highest BCUT2D eigenvalue weighted by Crippen LogP contribution is 2.32. The lowest BCUT2D eigenvalue weighted by Crippen LogP contribution is -2.26. The summed E-state index contributed by atoms with van der Waals surface area (Å²) in [5, 5.41) is 1.44. The summed E-state index contributed by atoms with van der Waals surface area (Å²) in [6, 6.07) is 36.3. The molecule has 0 spiro atoms. The van der Waals surface area contributed by atoms with Gasteiger partial charge in [-0.15, -0.1) is 34.9 Å². The molecule has 0 amide bonds. The number of aromatic nitrogens is 4. The molecule has 6 heterocycles. The summed E-state index contributed by atoms with van der Waals surface area (Å²) in [4.78, 5) is 19.6. The van der Waals surface area contributed by atoms with Crippen molar-refractivity contribution in [1.82, 2.24) is 14.9 Å². The molecule has 2 fully saturated rings. The minimum atomic E-state index is 0.722. The molecule has 0 bridgehead atoms. The van der Waals surface area contributed by atoms with Crippen molar-refractivity contribution in [3.05, 3.63) is 184 Å². The maximum absolute atomic E-state index is 5.82. The van der Waals surface area contributed by atoms with Gasteiger partial charge in [-0.05, 0) is 138 Å². The maximum Gasteiger partial charge on any atom is 0.170 e. The van der Waals surface area contributed by atoms with E-state index in [1.165, 1.54) is 90.4 Å². The molecule has 71 heavy (non-hydrogen) atoms. The summed E-state index contributed by atoms with van der Waals surface area (Å²) in [6.07, 6.45) is 31.0. The van der Waals surface area contributed by atoms with Gasteiger partial charge < -0.3 is 14.7 Å². The van der Waals surface area contributed by atoms with Crippen molar-refractivity contribution < 1.29 is 9.13 Å². The first-order chi connectivity index (χ1) is 34.1. The number of halogens is 2. The second kappa shape index (κ2) is 38.2. The minimum absolute atomic E-state index is 0.722. The van der Waals surface area contributed by atoms with E-state index in [0.29, 0.717) is 0 Å². The number of thiophene rings is 1. The molecular formula is C59H83Cl2N7S3+2. The molecule has 1 aliphatic heterocycles. The highest BCUT2D eigenvalue weighted by Gasteiger charge is 2.06. The summed E-state index contributed by atoms with van der Waals surface area (Å²) in [7, 11) is 12.3. The van der Waals surface area contributed by atoms with Crippen LogP contribution in [0.1, 0.15) is 73.6 Å². The maximum atomic E-state index is 5.82. The van der Waals surface area contributed by atoms with Crippen LogP contribution in [0.25, 0.3) is 0 Å². The first-order valence-corrected chi connectivity index (χ1v) is 28.5. The zero-order valence-corrected chi connectivity index (χ0v) is 48.7. The van der Waals surface area contributed by atoms with Crippen molar-refractivity contribution in [3.63, 3.8) is 0 Å². The number of nitrogens with zero attached hydrogens (tertiary/aromatic N) is 7. The lowest BCUT2D eigenvalue weighted by atomic mass is 9.91. The predicted octanol–water partition coefficient (Wildman–Crippen LogP) is 15.8. The average molecular weight is 1060 g/mol. The normalized spacial score (nSPS) is 12.6. The molecule has 0 N–H and O–H groups in total. The standard InChI is InChI=1S/C11H11N3.C8H13N2.C7H6Cl2S.C7H10N.C7H8S.C7H14.C6H13N.C6H8S/c1-14(10-2-6-12-7-3-10)11-4-8-13-9-5-11;1-9(2)8-4-6-10(3)7-5-8;1-10-7-5(8)3-2-4-6(7)9;1-7-3-5-8(2)6-4-7;1-8-7-5-3-2-4-6-7;2*1-7-5-3-2-4-6-7;1-5-3-4-6(2)7-5/h2-9H,1H3;4-7H,1-3H3;2-4H,1H3;3-6H,1-2H3;2-6H,1H3;7H,2-6H2,1H3;2-6H2,1H3;3-4H,1-2H3/q;+1;;+1;;;;. The molecule has 384 valence electrons. The van der Waals surface area contributed by atoms with Gasteiger partial charge in [0.2, 0.25) is 0 Å². The first kappa shape index (κ1) is 62.7. The van der Waals surface area contributed by atoms with Gasteiger partial charge in [0.1, 0.15) is 14.1 Å². The van der Waals surface area contributed by atoms with E-state index in [1.54, 1.807) is 48.3 Å². The van der Waals surface area contributed by atoms with Gasteiger partial charge in [0.05, 0.1) is 10.0 Å². The van der Waals surface area contributed by atoms with Crippen LogP contribution in [-0.2, 0) is 14.1 Å². The summed E-state index contributed by atoms with van der Waals surface area (Å²) >= 11 is 16.8. The van der Waals surface area contributed by atoms with Gasteiger partial charge in [-0.1, -0.05) is 92.9 Å². The van der Waals surface area contributed by atoms with Gasteiger partial charge in [0, 0.05) is 107 Å². The number of aryl methyl sites for hydroxylation is 5. The Morgan fingerprint density at radius 3 is 1.32 bits per heavy atom. The molecule has 5 aromatic heterocycles. The molecule has 7 aromatic rings. The molecule has 1 aliphatic carbocycles. The SMILES string of the molecule is CC1CCCCC1.CN(C)c1cc[n+](C)cc1.CN(c1ccncc1)c1ccncc1.CN1CCCCC1.CSc1c(Cl)cccc1Cl.CSc1ccccc1.Cc1cc[n+](C)cc1.Cc1ccc(C)s1. The van der Waals surface area contributed by atoms with Crippen LogP contribution in [0.4, 0.5) is 17.1 Å². The number of benzene rings is 2. The quantitative estimate of drug-likeness (QED) is 0.126. The smallest absolute Gasteiger partial charge is 0.170 e. The van der Waals surface area contributed by atoms with Crippen LogP contribution in [0, 0.1) is 26.7 Å². The fourth-order valence-electron chi connectivity index (χ4n) is 6.80. The number of piperidine rings is 1. The van der Waals surface area contributed by atoms with E-state index in [2.05, 4.69) is 114 Å². The number of likely N-dealkylation sites (tertiary alicyclic amines) is 1. The molecule has 0 unspecified atom stereocenters. The predicted molar refractivity (Wildman–Crippen MR) is 315 cm³/mol. The second-order valence-electron chi connectivity index (χ2n) is 17.7. The van der Waals surface area contributed by atoms with E-state index >= 15 is 0 Å². The van der Waals surface area contributed by atoms with Crippen LogP contribution in [-0.4, -0.2) is 68.7 Å². The van der Waals surface area contributed by atoms with E-state index in [4.69, 9.17) is 23.2 Å². The Balaban J connectivity index is 0.000000282. The van der Waals surface area contributed by atoms with Crippen molar-refractivity contribution in [3.8, 4) is 0 Å². The van der Waals surface area contributed by atoms with Crippen molar-refractivity contribution in [2.24, 2.45) is 20.0 Å². The lowest BCUT2D eigenvalue weighted by Gasteiger charge is -2.20. The lowest BCUT2D eigenvalue weighted by molar-refractivity contribution is -0.671. The monoisotopic (exact) mass is 1060 g/mol. The number of pyridine rings is 4. The van der Waals surface area contributed by atoms with E-state index in [9.17, 15) is 0 Å².